The van der Waals surface area contributed by atoms with Crippen LogP contribution in [0, 0.1) is 34.5 Å². The Kier molecular flexibility index (Phi) is 5.46. The van der Waals surface area contributed by atoms with Crippen molar-refractivity contribution in [2.24, 2.45) is 34.5 Å². The van der Waals surface area contributed by atoms with Crippen molar-refractivity contribution < 1.29 is 25.2 Å². The van der Waals surface area contributed by atoms with Crippen molar-refractivity contribution in [2.75, 3.05) is 0 Å². The maximum atomic E-state index is 11.9. The highest BCUT2D eigenvalue weighted by Crippen LogP contribution is 2.69. The molecule has 11 unspecified atom stereocenters. The van der Waals surface area contributed by atoms with Crippen LogP contribution in [0.2, 0.25) is 0 Å². The molecule has 0 spiro atoms. The second-order valence-corrected chi connectivity index (χ2v) is 13.5. The zero-order valence-corrected chi connectivity index (χ0v) is 21.7. The maximum absolute atomic E-state index is 11.9. The number of fused-ring (bicyclic) bond motifs is 7. The number of hydrogen-bond acceptors (Lipinski definition) is 5. The predicted molar refractivity (Wildman–Crippen MR) is 132 cm³/mol. The Hall–Kier alpha value is -0.980. The van der Waals surface area contributed by atoms with Crippen molar-refractivity contribution in [2.45, 2.75) is 109 Å². The summed E-state index contributed by atoms with van der Waals surface area (Å²) < 4.78 is 6.48. The Morgan fingerprint density at radius 2 is 1.88 bits per heavy atom. The van der Waals surface area contributed by atoms with E-state index in [9.17, 15) is 20.4 Å². The van der Waals surface area contributed by atoms with Crippen LogP contribution in [0.4, 0.5) is 0 Å². The van der Waals surface area contributed by atoms with Gasteiger partial charge in [-0.25, -0.2) is 0 Å². The quantitative estimate of drug-likeness (QED) is 0.468. The highest BCUT2D eigenvalue weighted by molar-refractivity contribution is 5.45. The first-order valence-electron chi connectivity index (χ1n) is 13.2. The highest BCUT2D eigenvalue weighted by Gasteiger charge is 2.70. The number of allylic oxidation sites excluding steroid dienone is 4. The van der Waals surface area contributed by atoms with Crippen LogP contribution >= 0.6 is 0 Å². The SMILES string of the molecule is C=C1CC2(C)C(CC3OC(C(O)C(C)C(C)(C)O)C(C)(O)C32)C2=CC=C3CC(O)CCC3(C)C12. The van der Waals surface area contributed by atoms with Crippen molar-refractivity contribution in [1.82, 2.24) is 0 Å². The van der Waals surface area contributed by atoms with Crippen molar-refractivity contribution in [1.29, 1.82) is 0 Å². The molecule has 1 saturated heterocycles. The van der Waals surface area contributed by atoms with Gasteiger partial charge in [0.25, 0.3) is 0 Å². The number of aliphatic hydroxyl groups excluding tert-OH is 2. The Bertz CT molecular complexity index is 941. The fourth-order valence-corrected chi connectivity index (χ4v) is 8.88. The van der Waals surface area contributed by atoms with Crippen LogP contribution in [0.5, 0.6) is 0 Å². The van der Waals surface area contributed by atoms with Crippen LogP contribution in [-0.2, 0) is 4.74 Å². The number of ether oxygens (including phenoxy) is 1. The van der Waals surface area contributed by atoms with Gasteiger partial charge in [0.05, 0.1) is 29.5 Å². The van der Waals surface area contributed by atoms with Gasteiger partial charge in [0.15, 0.2) is 0 Å². The largest absolute Gasteiger partial charge is 0.393 e. The third-order valence-electron chi connectivity index (χ3n) is 10.9. The first kappa shape index (κ1) is 24.7. The van der Waals surface area contributed by atoms with Gasteiger partial charge in [-0.05, 0) is 69.6 Å². The first-order chi connectivity index (χ1) is 15.6. The summed E-state index contributed by atoms with van der Waals surface area (Å²) in [7, 11) is 0. The lowest BCUT2D eigenvalue weighted by molar-refractivity contribution is -0.154. The Morgan fingerprint density at radius 3 is 2.53 bits per heavy atom. The molecule has 34 heavy (non-hydrogen) atoms. The molecule has 3 saturated carbocycles. The molecule has 190 valence electrons. The Morgan fingerprint density at radius 1 is 1.21 bits per heavy atom. The fourth-order valence-electron chi connectivity index (χ4n) is 8.88. The molecule has 5 nitrogen and oxygen atoms in total. The van der Waals surface area contributed by atoms with Gasteiger partial charge < -0.3 is 25.2 Å². The van der Waals surface area contributed by atoms with E-state index in [4.69, 9.17) is 4.74 Å². The summed E-state index contributed by atoms with van der Waals surface area (Å²) >= 11 is 0. The smallest absolute Gasteiger partial charge is 0.113 e. The second kappa shape index (κ2) is 7.52. The van der Waals surface area contributed by atoms with Crippen LogP contribution < -0.4 is 0 Å². The average Bonchev–Trinajstić information content (AvgIpc) is 3.17. The highest BCUT2D eigenvalue weighted by atomic mass is 16.5. The van der Waals surface area contributed by atoms with Gasteiger partial charge in [-0.1, -0.05) is 56.2 Å². The third-order valence-corrected chi connectivity index (χ3v) is 10.9. The molecule has 4 N–H and O–H groups in total. The molecule has 5 heteroatoms. The molecule has 0 aromatic carbocycles. The van der Waals surface area contributed by atoms with E-state index in [2.05, 4.69) is 32.6 Å². The molecule has 0 aromatic rings. The second-order valence-electron chi connectivity index (χ2n) is 13.5. The summed E-state index contributed by atoms with van der Waals surface area (Å²) in [6, 6.07) is 0. The molecule has 0 amide bonds. The topological polar surface area (TPSA) is 90.2 Å². The van der Waals surface area contributed by atoms with E-state index in [1.165, 1.54) is 16.7 Å². The monoisotopic (exact) mass is 472 g/mol. The molecular weight excluding hydrogens is 428 g/mol. The van der Waals surface area contributed by atoms with Crippen LogP contribution in [0.3, 0.4) is 0 Å². The van der Waals surface area contributed by atoms with Crippen molar-refractivity contribution in [3.8, 4) is 0 Å². The molecule has 0 bridgehead atoms. The minimum Gasteiger partial charge on any atom is -0.393 e. The summed E-state index contributed by atoms with van der Waals surface area (Å²) in [6.45, 7) is 16.2. The van der Waals surface area contributed by atoms with E-state index in [1.807, 2.05) is 13.8 Å². The van der Waals surface area contributed by atoms with Gasteiger partial charge in [0.2, 0.25) is 0 Å². The van der Waals surface area contributed by atoms with E-state index in [0.717, 1.165) is 32.1 Å². The molecule has 1 aliphatic heterocycles. The van der Waals surface area contributed by atoms with E-state index < -0.39 is 29.3 Å². The van der Waals surface area contributed by atoms with Crippen molar-refractivity contribution in [3.05, 3.63) is 35.5 Å². The third kappa shape index (κ3) is 3.23. The molecule has 0 radical (unpaired) electrons. The van der Waals surface area contributed by atoms with Crippen LogP contribution in [0.25, 0.3) is 0 Å². The standard InChI is InChI=1S/C29H44O5/c1-15-14-28(6)20(19-9-8-17-12-18(30)10-11-27(17,5)22(15)19)13-21-24(28)29(7,33)25(34-21)23(31)16(2)26(3,4)32/h8-9,16,18,20-25,30-33H,1,10-14H2,2-7H3. The molecule has 4 aliphatic carbocycles. The van der Waals surface area contributed by atoms with Crippen LogP contribution in [0.1, 0.15) is 73.6 Å². The van der Waals surface area contributed by atoms with Crippen LogP contribution in [-0.4, -0.2) is 56.0 Å². The molecule has 4 fully saturated rings. The Balaban J connectivity index is 1.49. The van der Waals surface area contributed by atoms with Gasteiger partial charge in [-0.3, -0.25) is 0 Å². The summed E-state index contributed by atoms with van der Waals surface area (Å²) in [6.07, 6.45) is 6.63. The van der Waals surface area contributed by atoms with E-state index in [-0.39, 0.29) is 40.8 Å². The normalized spacial score (nSPS) is 49.9. The van der Waals surface area contributed by atoms with E-state index in [0.29, 0.717) is 0 Å². The first-order valence-corrected chi connectivity index (χ1v) is 13.2. The lowest BCUT2D eigenvalue weighted by Gasteiger charge is -2.56. The molecule has 1 heterocycles. The van der Waals surface area contributed by atoms with E-state index >= 15 is 0 Å². The van der Waals surface area contributed by atoms with Gasteiger partial charge >= 0.3 is 0 Å². The number of rotatable bonds is 3. The summed E-state index contributed by atoms with van der Waals surface area (Å²) in [5.41, 5.74) is 1.48. The number of hydrogen-bond donors (Lipinski definition) is 4. The molecule has 11 atom stereocenters. The lowest BCUT2D eigenvalue weighted by atomic mass is 9.48. The van der Waals surface area contributed by atoms with Crippen molar-refractivity contribution >= 4 is 0 Å². The van der Waals surface area contributed by atoms with Gasteiger partial charge in [-0.2, -0.15) is 0 Å². The maximum Gasteiger partial charge on any atom is 0.113 e. The minimum atomic E-state index is -1.21. The lowest BCUT2D eigenvalue weighted by Crippen LogP contribution is -2.56. The zero-order valence-electron chi connectivity index (χ0n) is 21.7. The minimum absolute atomic E-state index is 0.00364. The average molecular weight is 473 g/mol. The molecular formula is C29H44O5. The summed E-state index contributed by atoms with van der Waals surface area (Å²) in [4.78, 5) is 0. The fraction of sp³-hybridized carbons (Fsp3) is 0.793. The number of aliphatic hydroxyl groups is 4. The van der Waals surface area contributed by atoms with Gasteiger partial charge in [0, 0.05) is 17.8 Å². The van der Waals surface area contributed by atoms with E-state index in [1.54, 1.807) is 13.8 Å². The zero-order chi connectivity index (χ0) is 25.0. The predicted octanol–water partition coefficient (Wildman–Crippen LogP) is 3.91. The summed E-state index contributed by atoms with van der Waals surface area (Å²) in [5.74, 6) is 0.00105. The molecule has 0 aromatic heterocycles. The molecule has 5 rings (SSSR count). The Labute approximate surface area is 204 Å². The summed E-state index contributed by atoms with van der Waals surface area (Å²) in [5, 5.41) is 43.8. The van der Waals surface area contributed by atoms with Crippen molar-refractivity contribution in [3.63, 3.8) is 0 Å². The molecule has 5 aliphatic rings. The van der Waals surface area contributed by atoms with Crippen LogP contribution in [0.15, 0.2) is 35.5 Å². The van der Waals surface area contributed by atoms with Gasteiger partial charge in [0.1, 0.15) is 6.10 Å². The van der Waals surface area contributed by atoms with Gasteiger partial charge in [-0.15, -0.1) is 0 Å².